The molecule has 2 unspecified atom stereocenters. The van der Waals surface area contributed by atoms with Crippen LogP contribution < -0.4 is 9.30 Å². The summed E-state index contributed by atoms with van der Waals surface area (Å²) in [5, 5.41) is 0. The normalized spacial score (nSPS) is 45.8. The summed E-state index contributed by atoms with van der Waals surface area (Å²) in [6.45, 7) is 19.0. The smallest absolute Gasteiger partial charge is 0.210 e. The fourth-order valence-electron chi connectivity index (χ4n) is 2.42. The molecule has 0 aromatic heterocycles. The first-order chi connectivity index (χ1) is 6.80. The molecule has 1 fully saturated rings. The first-order valence-electron chi connectivity index (χ1n) is 5.30. The van der Waals surface area contributed by atoms with Gasteiger partial charge in [-0.05, 0) is 12.2 Å². The molecular formula is C10H22N2Si3. The first kappa shape index (κ1) is 12.9. The van der Waals surface area contributed by atoms with Crippen LogP contribution in [0.3, 0.4) is 0 Å². The van der Waals surface area contributed by atoms with Gasteiger partial charge in [-0.25, -0.2) is 0 Å². The van der Waals surface area contributed by atoms with Crippen LogP contribution in [0.25, 0.3) is 0 Å². The highest BCUT2D eigenvalue weighted by molar-refractivity contribution is 7.12. The molecule has 15 heavy (non-hydrogen) atoms. The zero-order valence-corrected chi connectivity index (χ0v) is 13.1. The number of hydrogen-bond donors (Lipinski definition) is 2. The number of rotatable bonds is 3. The second-order valence-corrected chi connectivity index (χ2v) is 17.8. The maximum Gasteiger partial charge on any atom is 0.210 e. The van der Waals surface area contributed by atoms with Gasteiger partial charge in [0.1, 0.15) is 16.5 Å². The molecule has 0 aliphatic carbocycles. The van der Waals surface area contributed by atoms with Gasteiger partial charge < -0.3 is 9.30 Å². The Labute approximate surface area is 96.5 Å². The summed E-state index contributed by atoms with van der Waals surface area (Å²) >= 11 is 0. The van der Waals surface area contributed by atoms with E-state index < -0.39 is 24.9 Å². The van der Waals surface area contributed by atoms with E-state index in [1.165, 1.54) is 5.67 Å². The van der Waals surface area contributed by atoms with E-state index in [9.17, 15) is 0 Å². The highest BCUT2D eigenvalue weighted by atomic mass is 28.5. The van der Waals surface area contributed by atoms with Gasteiger partial charge in [0.15, 0.2) is 0 Å². The maximum absolute atomic E-state index is 4.00. The molecule has 2 N–H and O–H groups in total. The molecule has 0 bridgehead atoms. The molecule has 1 saturated heterocycles. The van der Waals surface area contributed by atoms with Crippen molar-refractivity contribution in [2.75, 3.05) is 0 Å². The van der Waals surface area contributed by atoms with Crippen molar-refractivity contribution in [3.05, 3.63) is 36.8 Å². The highest BCUT2D eigenvalue weighted by Gasteiger charge is 2.48. The minimum absolute atomic E-state index is 1.24. The topological polar surface area (TPSA) is 24.1 Å². The summed E-state index contributed by atoms with van der Waals surface area (Å²) in [6, 6.07) is 0. The predicted octanol–water partition coefficient (Wildman–Crippen LogP) is 2.12. The van der Waals surface area contributed by atoms with E-state index in [2.05, 4.69) is 65.8 Å². The minimum Gasteiger partial charge on any atom is -0.341 e. The van der Waals surface area contributed by atoms with Crippen LogP contribution in [0.1, 0.15) is 0 Å². The van der Waals surface area contributed by atoms with Crippen LogP contribution in [0.4, 0.5) is 0 Å². The van der Waals surface area contributed by atoms with Gasteiger partial charge in [0, 0.05) is 0 Å². The molecule has 1 rings (SSSR count). The van der Waals surface area contributed by atoms with Crippen molar-refractivity contribution >= 4 is 24.9 Å². The molecule has 0 aromatic carbocycles. The molecule has 2 atom stereocenters. The van der Waals surface area contributed by atoms with Crippen molar-refractivity contribution in [2.45, 2.75) is 25.3 Å². The van der Waals surface area contributed by atoms with E-state index in [1.54, 1.807) is 0 Å². The molecule has 0 amide bonds. The third-order valence-electron chi connectivity index (χ3n) is 3.13. The van der Waals surface area contributed by atoms with E-state index in [0.29, 0.717) is 0 Å². The Morgan fingerprint density at radius 2 is 1.27 bits per heavy atom. The van der Waals surface area contributed by atoms with Gasteiger partial charge in [0.2, 0.25) is 8.40 Å². The third-order valence-corrected chi connectivity index (χ3v) is 20.4. The Balaban J connectivity index is 3.07. The second-order valence-electron chi connectivity index (χ2n) is 5.08. The molecular weight excluding hydrogens is 232 g/mol. The lowest BCUT2D eigenvalue weighted by Crippen LogP contribution is -2.80. The Kier molecular flexibility index (Phi) is 3.42. The molecule has 0 radical (unpaired) electrons. The quantitative estimate of drug-likeness (QED) is 0.754. The molecule has 84 valence electrons. The van der Waals surface area contributed by atoms with E-state index >= 15 is 0 Å². The Bertz CT molecular complexity index is 247. The average molecular weight is 255 g/mol. The predicted molar refractivity (Wildman–Crippen MR) is 76.5 cm³/mol. The largest absolute Gasteiger partial charge is 0.341 e. The second kappa shape index (κ2) is 3.99. The number of hydrogen-bond acceptors (Lipinski definition) is 2. The maximum atomic E-state index is 4.00. The van der Waals surface area contributed by atoms with E-state index in [4.69, 9.17) is 0 Å². The van der Waals surface area contributed by atoms with Crippen molar-refractivity contribution in [3.8, 4) is 0 Å². The van der Waals surface area contributed by atoms with Crippen molar-refractivity contribution < 1.29 is 0 Å². The van der Waals surface area contributed by atoms with Gasteiger partial charge in [-0.2, -0.15) is 0 Å². The van der Waals surface area contributed by atoms with Crippen LogP contribution in [-0.4, -0.2) is 24.9 Å². The zero-order valence-electron chi connectivity index (χ0n) is 10.1. The van der Waals surface area contributed by atoms with Gasteiger partial charge in [-0.3, -0.25) is 0 Å². The van der Waals surface area contributed by atoms with Crippen LogP contribution in [0.2, 0.25) is 25.3 Å². The summed E-state index contributed by atoms with van der Waals surface area (Å²) in [5.41, 5.74) is 7.66. The molecule has 2 nitrogen and oxygen atoms in total. The van der Waals surface area contributed by atoms with E-state index in [-0.39, 0.29) is 0 Å². The minimum atomic E-state index is -1.68. The molecule has 5 heteroatoms. The van der Waals surface area contributed by atoms with Gasteiger partial charge in [-0.1, -0.05) is 30.2 Å². The average Bonchev–Trinajstić information content (AvgIpc) is 2.16. The molecule has 1 aliphatic rings. The molecule has 0 spiro atoms. The monoisotopic (exact) mass is 254 g/mol. The highest BCUT2D eigenvalue weighted by Crippen LogP contribution is 2.25. The summed E-state index contributed by atoms with van der Waals surface area (Å²) in [5.74, 6) is 0. The SMILES string of the molecule is C=C[Si]1(C)C[Si](C)(C=C)N[Si](C)(C=C)N1. The Morgan fingerprint density at radius 1 is 0.867 bits per heavy atom. The molecule has 1 aliphatic heterocycles. The van der Waals surface area contributed by atoms with E-state index in [1.807, 2.05) is 0 Å². The van der Waals surface area contributed by atoms with Crippen LogP contribution in [0.15, 0.2) is 36.8 Å². The van der Waals surface area contributed by atoms with Crippen molar-refractivity contribution in [1.82, 2.24) is 9.30 Å². The fraction of sp³-hybridized carbons (Fsp3) is 0.400. The van der Waals surface area contributed by atoms with Gasteiger partial charge in [0.25, 0.3) is 0 Å². The van der Waals surface area contributed by atoms with Crippen molar-refractivity contribution in [3.63, 3.8) is 0 Å². The lowest BCUT2D eigenvalue weighted by Gasteiger charge is -2.49. The molecule has 0 aromatic rings. The van der Waals surface area contributed by atoms with E-state index in [0.717, 1.165) is 0 Å². The zero-order chi connectivity index (χ0) is 11.7. The van der Waals surface area contributed by atoms with Crippen LogP contribution in [0.5, 0.6) is 0 Å². The first-order valence-corrected chi connectivity index (χ1v) is 13.4. The molecule has 0 saturated carbocycles. The summed E-state index contributed by atoms with van der Waals surface area (Å²) in [7, 11) is -4.66. The van der Waals surface area contributed by atoms with Crippen LogP contribution in [0, 0.1) is 0 Å². The fourth-order valence-corrected chi connectivity index (χ4v) is 23.9. The summed E-state index contributed by atoms with van der Waals surface area (Å²) in [6.07, 6.45) is 0. The Morgan fingerprint density at radius 3 is 1.53 bits per heavy atom. The van der Waals surface area contributed by atoms with Gasteiger partial charge in [-0.15, -0.1) is 19.7 Å². The van der Waals surface area contributed by atoms with Crippen LogP contribution in [-0.2, 0) is 0 Å². The lowest BCUT2D eigenvalue weighted by molar-refractivity contribution is 1.15. The van der Waals surface area contributed by atoms with Crippen molar-refractivity contribution in [2.24, 2.45) is 0 Å². The van der Waals surface area contributed by atoms with Gasteiger partial charge >= 0.3 is 0 Å². The standard InChI is InChI=1S/C10H22N2Si3/c1-7-13(4)10-14(5,8-2)12-15(6,9-3)11-13/h7-9,11-12H,1-3,10H2,4-6H3. The van der Waals surface area contributed by atoms with Crippen molar-refractivity contribution in [1.29, 1.82) is 0 Å². The third kappa shape index (κ3) is 2.67. The van der Waals surface area contributed by atoms with Gasteiger partial charge in [0.05, 0.1) is 0 Å². The summed E-state index contributed by atoms with van der Waals surface area (Å²) < 4.78 is 7.63. The molecule has 1 heterocycles. The van der Waals surface area contributed by atoms with Crippen LogP contribution >= 0.6 is 0 Å². The summed E-state index contributed by atoms with van der Waals surface area (Å²) in [4.78, 5) is 0. The Hall–Kier alpha value is -0.209. The number of nitrogens with one attached hydrogen (secondary N) is 2. The lowest BCUT2D eigenvalue weighted by atomic mass is 11.3.